The molecule has 0 amide bonds. The number of hydrogen-bond donors (Lipinski definition) is 2. The molecule has 1 rings (SSSR count). The lowest BCUT2D eigenvalue weighted by Crippen LogP contribution is -2.34. The Morgan fingerprint density at radius 2 is 2.06 bits per heavy atom. The Morgan fingerprint density at radius 1 is 1.44 bits per heavy atom. The second-order valence-corrected chi connectivity index (χ2v) is 4.77. The highest BCUT2D eigenvalue weighted by Crippen LogP contribution is 2.25. The molecule has 0 heterocycles. The zero-order chi connectivity index (χ0) is 13.9. The van der Waals surface area contributed by atoms with E-state index in [1.165, 1.54) is 18.2 Å². The molecule has 100 valence electrons. The molecule has 0 aromatic heterocycles. The second kappa shape index (κ2) is 5.83. The van der Waals surface area contributed by atoms with Crippen LogP contribution in [0.4, 0.5) is 23.2 Å². The smallest absolute Gasteiger partial charge is 0.324 e. The van der Waals surface area contributed by atoms with Gasteiger partial charge in [-0.3, -0.25) is 0 Å². The number of nitrogens with two attached hydrogens (primary N) is 1. The van der Waals surface area contributed by atoms with Crippen LogP contribution in [0.1, 0.15) is 5.56 Å². The summed E-state index contributed by atoms with van der Waals surface area (Å²) in [7, 11) is 0. The van der Waals surface area contributed by atoms with Gasteiger partial charge < -0.3 is 11.1 Å². The van der Waals surface area contributed by atoms with Gasteiger partial charge in [-0.05, 0) is 34.1 Å². The lowest BCUT2D eigenvalue weighted by atomic mass is 10.2. The van der Waals surface area contributed by atoms with E-state index in [0.29, 0.717) is 10.0 Å². The summed E-state index contributed by atoms with van der Waals surface area (Å²) < 4.78 is 49.7. The number of halogens is 5. The van der Waals surface area contributed by atoms with Crippen molar-refractivity contribution in [3.8, 4) is 0 Å². The molecule has 0 unspecified atom stereocenters. The highest BCUT2D eigenvalue weighted by atomic mass is 79.9. The molecule has 0 fully saturated rings. The molecule has 0 aliphatic rings. The van der Waals surface area contributed by atoms with E-state index in [-0.39, 0.29) is 10.7 Å². The van der Waals surface area contributed by atoms with Crippen LogP contribution in [0.3, 0.4) is 0 Å². The average molecular weight is 345 g/mol. The molecule has 18 heavy (non-hydrogen) atoms. The largest absolute Gasteiger partial charge is 0.389 e. The fourth-order valence-electron chi connectivity index (χ4n) is 1.12. The molecule has 1 aromatic rings. The van der Waals surface area contributed by atoms with Gasteiger partial charge in [-0.1, -0.05) is 12.2 Å². The predicted molar refractivity (Wildman–Crippen MR) is 69.5 cm³/mol. The molecule has 0 radical (unpaired) electrons. The lowest BCUT2D eigenvalue weighted by Gasteiger charge is -2.17. The predicted octanol–water partition coefficient (Wildman–Crippen LogP) is 3.40. The van der Waals surface area contributed by atoms with Gasteiger partial charge in [0.25, 0.3) is 0 Å². The minimum Gasteiger partial charge on any atom is -0.389 e. The summed E-state index contributed by atoms with van der Waals surface area (Å²) >= 11 is 7.91. The first-order valence-electron chi connectivity index (χ1n) is 4.73. The zero-order valence-electron chi connectivity index (χ0n) is 8.89. The van der Waals surface area contributed by atoms with Crippen LogP contribution in [0.2, 0.25) is 0 Å². The fourth-order valence-corrected chi connectivity index (χ4v) is 2.02. The molecule has 0 aliphatic heterocycles. The molecule has 0 aliphatic carbocycles. The molecule has 0 saturated carbocycles. The molecular weight excluding hydrogens is 336 g/mol. The summed E-state index contributed by atoms with van der Waals surface area (Å²) in [5.41, 5.74) is 6.21. The topological polar surface area (TPSA) is 38.0 Å². The first-order valence-corrected chi connectivity index (χ1v) is 5.93. The Hall–Kier alpha value is -0.890. The Morgan fingerprint density at radius 3 is 2.50 bits per heavy atom. The maximum absolute atomic E-state index is 12.7. The standard InChI is InChI=1S/C10H9BrF4N2S/c11-7-3-5(1-2-6(7)8(16)18)17-4-10(14,15)9(12)13/h1-3,9,17H,4H2,(H2,16,18). The molecule has 0 saturated heterocycles. The van der Waals surface area contributed by atoms with Gasteiger partial charge in [-0.2, -0.15) is 8.78 Å². The van der Waals surface area contributed by atoms with Crippen LogP contribution in [-0.4, -0.2) is 23.9 Å². The van der Waals surface area contributed by atoms with Gasteiger partial charge in [0.15, 0.2) is 0 Å². The number of thiocarbonyl (C=S) groups is 1. The van der Waals surface area contributed by atoms with Gasteiger partial charge >= 0.3 is 12.3 Å². The molecular formula is C10H9BrF4N2S. The number of rotatable bonds is 5. The Bertz CT molecular complexity index is 454. The van der Waals surface area contributed by atoms with Crippen LogP contribution >= 0.6 is 28.1 Å². The van der Waals surface area contributed by atoms with Crippen LogP contribution in [0.15, 0.2) is 22.7 Å². The van der Waals surface area contributed by atoms with Gasteiger partial charge in [-0.25, -0.2) is 8.78 Å². The number of nitrogens with one attached hydrogen (secondary N) is 1. The summed E-state index contributed by atoms with van der Waals surface area (Å²) in [4.78, 5) is 0.145. The van der Waals surface area contributed by atoms with Gasteiger partial charge in [-0.15, -0.1) is 0 Å². The molecule has 1 aromatic carbocycles. The quantitative estimate of drug-likeness (QED) is 0.635. The van der Waals surface area contributed by atoms with E-state index in [4.69, 9.17) is 18.0 Å². The van der Waals surface area contributed by atoms with Crippen molar-refractivity contribution in [1.82, 2.24) is 0 Å². The summed E-state index contributed by atoms with van der Waals surface area (Å²) in [6, 6.07) is 4.38. The van der Waals surface area contributed by atoms with E-state index in [2.05, 4.69) is 21.2 Å². The van der Waals surface area contributed by atoms with Gasteiger partial charge in [0.2, 0.25) is 0 Å². The molecule has 3 N–H and O–H groups in total. The van der Waals surface area contributed by atoms with E-state index in [1.54, 1.807) is 0 Å². The molecule has 0 atom stereocenters. The minimum atomic E-state index is -4.08. The Labute approximate surface area is 115 Å². The van der Waals surface area contributed by atoms with Crippen molar-refractivity contribution in [2.75, 3.05) is 11.9 Å². The molecule has 8 heteroatoms. The van der Waals surface area contributed by atoms with Gasteiger partial charge in [0, 0.05) is 15.7 Å². The zero-order valence-corrected chi connectivity index (χ0v) is 11.3. The fraction of sp³-hybridized carbons (Fsp3) is 0.300. The van der Waals surface area contributed by atoms with Gasteiger partial charge in [0.1, 0.15) is 4.99 Å². The normalized spacial score (nSPS) is 11.7. The average Bonchev–Trinajstić information content (AvgIpc) is 2.25. The van der Waals surface area contributed by atoms with Crippen molar-refractivity contribution in [3.05, 3.63) is 28.2 Å². The van der Waals surface area contributed by atoms with Crippen molar-refractivity contribution in [2.24, 2.45) is 5.73 Å². The molecule has 2 nitrogen and oxygen atoms in total. The van der Waals surface area contributed by atoms with Crippen LogP contribution in [0.5, 0.6) is 0 Å². The van der Waals surface area contributed by atoms with E-state index < -0.39 is 18.9 Å². The van der Waals surface area contributed by atoms with E-state index in [1.807, 2.05) is 0 Å². The van der Waals surface area contributed by atoms with Crippen molar-refractivity contribution in [3.63, 3.8) is 0 Å². The summed E-state index contributed by atoms with van der Waals surface area (Å²) in [6.07, 6.45) is -3.70. The van der Waals surface area contributed by atoms with Crippen LogP contribution in [-0.2, 0) is 0 Å². The summed E-state index contributed by atoms with van der Waals surface area (Å²) in [5, 5.41) is 2.23. The first-order chi connectivity index (χ1) is 8.24. The molecule has 0 bridgehead atoms. The second-order valence-electron chi connectivity index (χ2n) is 3.47. The van der Waals surface area contributed by atoms with Crippen molar-refractivity contribution in [1.29, 1.82) is 0 Å². The third-order valence-corrected chi connectivity index (χ3v) is 2.96. The highest BCUT2D eigenvalue weighted by molar-refractivity contribution is 9.10. The Kier molecular flexibility index (Phi) is 4.92. The van der Waals surface area contributed by atoms with Crippen molar-refractivity contribution >= 4 is 38.8 Å². The van der Waals surface area contributed by atoms with E-state index in [0.717, 1.165) is 0 Å². The number of alkyl halides is 4. The SMILES string of the molecule is NC(=S)c1ccc(NCC(F)(F)C(F)F)cc1Br. The third kappa shape index (κ3) is 3.81. The number of anilines is 1. The monoisotopic (exact) mass is 344 g/mol. The highest BCUT2D eigenvalue weighted by Gasteiger charge is 2.40. The molecule has 0 spiro atoms. The van der Waals surface area contributed by atoms with Crippen LogP contribution in [0, 0.1) is 0 Å². The summed E-state index contributed by atoms with van der Waals surface area (Å²) in [5.74, 6) is -4.08. The Balaban J connectivity index is 2.76. The van der Waals surface area contributed by atoms with Crippen LogP contribution < -0.4 is 11.1 Å². The third-order valence-electron chi connectivity index (χ3n) is 2.08. The number of hydrogen-bond acceptors (Lipinski definition) is 2. The van der Waals surface area contributed by atoms with Crippen LogP contribution in [0.25, 0.3) is 0 Å². The number of benzene rings is 1. The van der Waals surface area contributed by atoms with E-state index in [9.17, 15) is 17.6 Å². The van der Waals surface area contributed by atoms with E-state index >= 15 is 0 Å². The minimum absolute atomic E-state index is 0.145. The maximum atomic E-state index is 12.7. The first kappa shape index (κ1) is 15.2. The lowest BCUT2D eigenvalue weighted by molar-refractivity contribution is -0.117. The maximum Gasteiger partial charge on any atom is 0.324 e. The van der Waals surface area contributed by atoms with Gasteiger partial charge in [0.05, 0.1) is 6.54 Å². The summed E-state index contributed by atoms with van der Waals surface area (Å²) in [6.45, 7) is -1.15. The van der Waals surface area contributed by atoms with Crippen molar-refractivity contribution < 1.29 is 17.6 Å². The van der Waals surface area contributed by atoms with Crippen molar-refractivity contribution in [2.45, 2.75) is 12.3 Å².